The van der Waals surface area contributed by atoms with Crippen molar-refractivity contribution >= 4 is 17.5 Å². The first-order valence-corrected chi connectivity index (χ1v) is 5.18. The average molecular weight is 238 g/mol. The summed E-state index contributed by atoms with van der Waals surface area (Å²) in [7, 11) is 2.56. The lowest BCUT2D eigenvalue weighted by Crippen LogP contribution is -2.25. The topological polar surface area (TPSA) is 69.7 Å². The molecule has 92 valence electrons. The van der Waals surface area contributed by atoms with E-state index in [1.807, 2.05) is 0 Å². The Bertz CT molecular complexity index is 417. The summed E-state index contributed by atoms with van der Waals surface area (Å²) in [6, 6.07) is 0. The van der Waals surface area contributed by atoms with Gasteiger partial charge in [0.15, 0.2) is 11.5 Å². The molecule has 0 radical (unpaired) electrons. The molecule has 1 aliphatic carbocycles. The number of ketones is 2. The normalized spacial score (nSPS) is 17.1. The number of esters is 1. The van der Waals surface area contributed by atoms with Gasteiger partial charge >= 0.3 is 5.97 Å². The summed E-state index contributed by atoms with van der Waals surface area (Å²) < 4.78 is 9.35. The van der Waals surface area contributed by atoms with Crippen LogP contribution in [0, 0.1) is 5.92 Å². The number of carbonyl (C=O) groups is 3. The lowest BCUT2D eigenvalue weighted by molar-refractivity contribution is -0.144. The predicted molar refractivity (Wildman–Crippen MR) is 59.0 cm³/mol. The van der Waals surface area contributed by atoms with Gasteiger partial charge in [-0.2, -0.15) is 0 Å². The Morgan fingerprint density at radius 1 is 1.24 bits per heavy atom. The van der Waals surface area contributed by atoms with Crippen LogP contribution in [0.4, 0.5) is 0 Å². The smallest absolute Gasteiger partial charge is 0.313 e. The monoisotopic (exact) mass is 238 g/mol. The summed E-state index contributed by atoms with van der Waals surface area (Å²) in [5.74, 6) is -2.04. The van der Waals surface area contributed by atoms with Crippen LogP contribution in [0.25, 0.3) is 0 Å². The van der Waals surface area contributed by atoms with Crippen LogP contribution < -0.4 is 0 Å². The number of ether oxygens (including phenoxy) is 2. The summed E-state index contributed by atoms with van der Waals surface area (Å²) >= 11 is 0. The van der Waals surface area contributed by atoms with Gasteiger partial charge in [-0.05, 0) is 12.5 Å². The number of hydrogen-bond acceptors (Lipinski definition) is 5. The standard InChI is InChI=1S/C12H14O5/c1-4-7(12(15)17-3)8-5-10(14)11(16-2)6-9(8)13/h5-7H,4H2,1-3H3. The Labute approximate surface area is 99.1 Å². The molecule has 0 aromatic rings. The van der Waals surface area contributed by atoms with Crippen LogP contribution in [-0.2, 0) is 23.9 Å². The Kier molecular flexibility index (Phi) is 4.20. The van der Waals surface area contributed by atoms with E-state index in [-0.39, 0.29) is 11.3 Å². The van der Waals surface area contributed by atoms with Crippen molar-refractivity contribution in [3.63, 3.8) is 0 Å². The highest BCUT2D eigenvalue weighted by Crippen LogP contribution is 2.23. The lowest BCUT2D eigenvalue weighted by atomic mass is 9.88. The van der Waals surface area contributed by atoms with Gasteiger partial charge in [-0.1, -0.05) is 6.92 Å². The van der Waals surface area contributed by atoms with Crippen LogP contribution in [-0.4, -0.2) is 31.8 Å². The van der Waals surface area contributed by atoms with Gasteiger partial charge in [0.2, 0.25) is 5.78 Å². The van der Waals surface area contributed by atoms with Gasteiger partial charge in [0.25, 0.3) is 0 Å². The summed E-state index contributed by atoms with van der Waals surface area (Å²) in [5, 5.41) is 0. The zero-order valence-electron chi connectivity index (χ0n) is 9.98. The Balaban J connectivity index is 3.04. The number of allylic oxidation sites excluding steroid dienone is 2. The zero-order valence-corrected chi connectivity index (χ0v) is 9.98. The first-order valence-electron chi connectivity index (χ1n) is 5.18. The molecule has 0 fully saturated rings. The Morgan fingerprint density at radius 3 is 2.35 bits per heavy atom. The van der Waals surface area contributed by atoms with Crippen molar-refractivity contribution in [1.29, 1.82) is 0 Å². The molecule has 5 nitrogen and oxygen atoms in total. The maximum atomic E-state index is 11.7. The van der Waals surface area contributed by atoms with Gasteiger partial charge in [-0.25, -0.2) is 0 Å². The minimum absolute atomic E-state index is 0.0153. The molecule has 0 heterocycles. The fourth-order valence-electron chi connectivity index (χ4n) is 1.64. The molecule has 1 atom stereocenters. The first-order chi connectivity index (χ1) is 8.04. The van der Waals surface area contributed by atoms with Gasteiger partial charge in [0.1, 0.15) is 0 Å². The van der Waals surface area contributed by atoms with Crippen molar-refractivity contribution in [2.45, 2.75) is 13.3 Å². The molecule has 0 spiro atoms. The van der Waals surface area contributed by atoms with Crippen molar-refractivity contribution in [3.8, 4) is 0 Å². The third-order valence-corrected chi connectivity index (χ3v) is 2.57. The number of rotatable bonds is 4. The third-order valence-electron chi connectivity index (χ3n) is 2.57. The summed E-state index contributed by atoms with van der Waals surface area (Å²) in [6.45, 7) is 1.75. The molecule has 0 bridgehead atoms. The van der Waals surface area contributed by atoms with E-state index in [0.717, 1.165) is 12.2 Å². The van der Waals surface area contributed by atoms with Crippen LogP contribution in [0.15, 0.2) is 23.5 Å². The second-order valence-electron chi connectivity index (χ2n) is 3.52. The fourth-order valence-corrected chi connectivity index (χ4v) is 1.64. The van der Waals surface area contributed by atoms with E-state index in [0.29, 0.717) is 6.42 Å². The molecule has 5 heteroatoms. The first kappa shape index (κ1) is 13.2. The van der Waals surface area contributed by atoms with E-state index < -0.39 is 23.5 Å². The highest BCUT2D eigenvalue weighted by molar-refractivity contribution is 6.20. The second-order valence-corrected chi connectivity index (χ2v) is 3.52. The van der Waals surface area contributed by atoms with Crippen molar-refractivity contribution in [2.75, 3.05) is 14.2 Å². The molecule has 1 aliphatic rings. The van der Waals surface area contributed by atoms with E-state index in [4.69, 9.17) is 4.74 Å². The highest BCUT2D eigenvalue weighted by atomic mass is 16.5. The Hall–Kier alpha value is -1.91. The van der Waals surface area contributed by atoms with E-state index in [2.05, 4.69) is 4.74 Å². The molecule has 1 unspecified atom stereocenters. The van der Waals surface area contributed by atoms with Gasteiger partial charge in [0.05, 0.1) is 20.1 Å². The van der Waals surface area contributed by atoms with Crippen LogP contribution in [0.1, 0.15) is 13.3 Å². The summed E-state index contributed by atoms with van der Waals surface area (Å²) in [6.07, 6.45) is 2.64. The molecule has 0 saturated carbocycles. The van der Waals surface area contributed by atoms with Crippen molar-refractivity contribution in [2.24, 2.45) is 5.92 Å². The largest absolute Gasteiger partial charge is 0.493 e. The minimum Gasteiger partial charge on any atom is -0.493 e. The van der Waals surface area contributed by atoms with Gasteiger partial charge in [-0.3, -0.25) is 14.4 Å². The predicted octanol–water partition coefficient (Wildman–Crippen LogP) is 0.794. The molecule has 0 aromatic heterocycles. The SMILES string of the molecule is CCC(C(=O)OC)C1=CC(=O)C(OC)=CC1=O. The second kappa shape index (κ2) is 5.43. The molecular weight excluding hydrogens is 224 g/mol. The Morgan fingerprint density at radius 2 is 1.88 bits per heavy atom. The molecule has 0 aliphatic heterocycles. The van der Waals surface area contributed by atoms with Crippen molar-refractivity contribution in [1.82, 2.24) is 0 Å². The van der Waals surface area contributed by atoms with Crippen LogP contribution >= 0.6 is 0 Å². The lowest BCUT2D eigenvalue weighted by Gasteiger charge is -2.17. The van der Waals surface area contributed by atoms with Gasteiger partial charge in [0, 0.05) is 11.6 Å². The third kappa shape index (κ3) is 2.61. The number of carbonyl (C=O) groups excluding carboxylic acids is 3. The molecular formula is C12H14O5. The van der Waals surface area contributed by atoms with Crippen molar-refractivity contribution in [3.05, 3.63) is 23.5 Å². The maximum absolute atomic E-state index is 11.7. The van der Waals surface area contributed by atoms with E-state index in [1.54, 1.807) is 6.92 Å². The molecule has 0 saturated heterocycles. The molecule has 0 amide bonds. The summed E-state index contributed by atoms with van der Waals surface area (Å²) in [4.78, 5) is 34.8. The van der Waals surface area contributed by atoms with E-state index in [1.165, 1.54) is 14.2 Å². The van der Waals surface area contributed by atoms with E-state index >= 15 is 0 Å². The summed E-state index contributed by atoms with van der Waals surface area (Å²) in [5.41, 5.74) is 0.158. The van der Waals surface area contributed by atoms with Gasteiger partial charge in [-0.15, -0.1) is 0 Å². The average Bonchev–Trinajstić information content (AvgIpc) is 2.33. The molecule has 0 aromatic carbocycles. The van der Waals surface area contributed by atoms with Crippen LogP contribution in [0.5, 0.6) is 0 Å². The molecule has 1 rings (SSSR count). The zero-order chi connectivity index (χ0) is 13.0. The van der Waals surface area contributed by atoms with E-state index in [9.17, 15) is 14.4 Å². The maximum Gasteiger partial charge on any atom is 0.313 e. The molecule has 0 N–H and O–H groups in total. The van der Waals surface area contributed by atoms with Crippen LogP contribution in [0.2, 0.25) is 0 Å². The fraction of sp³-hybridized carbons (Fsp3) is 0.417. The van der Waals surface area contributed by atoms with Crippen molar-refractivity contribution < 1.29 is 23.9 Å². The highest BCUT2D eigenvalue weighted by Gasteiger charge is 2.30. The number of hydrogen-bond donors (Lipinski definition) is 0. The quantitative estimate of drug-likeness (QED) is 0.535. The van der Waals surface area contributed by atoms with Crippen LogP contribution in [0.3, 0.4) is 0 Å². The van der Waals surface area contributed by atoms with Gasteiger partial charge < -0.3 is 9.47 Å². The minimum atomic E-state index is -0.703. The number of methoxy groups -OCH3 is 2. The molecule has 17 heavy (non-hydrogen) atoms.